The van der Waals surface area contributed by atoms with Crippen LogP contribution in [0.1, 0.15) is 22.7 Å². The maximum absolute atomic E-state index is 12.0. The first kappa shape index (κ1) is 16.2. The fourth-order valence-electron chi connectivity index (χ4n) is 2.96. The van der Waals surface area contributed by atoms with Gasteiger partial charge in [0.15, 0.2) is 5.78 Å². The Labute approximate surface area is 143 Å². The number of hydrogen-bond donors (Lipinski definition) is 1. The predicted molar refractivity (Wildman–Crippen MR) is 97.2 cm³/mol. The van der Waals surface area contributed by atoms with Crippen LogP contribution in [0.4, 0.5) is 0 Å². The SMILES string of the molecule is NCc1ccc(C[C@@H](c2ccccc2)N2C=CC=CC(=O)C2)cc1. The summed E-state index contributed by atoms with van der Waals surface area (Å²) in [6.45, 7) is 0.949. The Bertz CT molecular complexity index is 732. The van der Waals surface area contributed by atoms with E-state index in [0.29, 0.717) is 13.1 Å². The van der Waals surface area contributed by atoms with Gasteiger partial charge in [0.05, 0.1) is 12.6 Å². The predicted octanol–water partition coefficient (Wildman–Crippen LogP) is 3.38. The van der Waals surface area contributed by atoms with Gasteiger partial charge in [-0.2, -0.15) is 0 Å². The molecule has 0 amide bonds. The van der Waals surface area contributed by atoms with Crippen molar-refractivity contribution in [3.8, 4) is 0 Å². The van der Waals surface area contributed by atoms with Crippen molar-refractivity contribution in [2.24, 2.45) is 5.73 Å². The highest BCUT2D eigenvalue weighted by atomic mass is 16.1. The molecule has 3 heteroatoms. The molecule has 2 aromatic rings. The van der Waals surface area contributed by atoms with Crippen molar-refractivity contribution in [2.75, 3.05) is 6.54 Å². The first-order valence-corrected chi connectivity index (χ1v) is 8.22. The Morgan fingerprint density at radius 1 is 0.958 bits per heavy atom. The minimum Gasteiger partial charge on any atom is -0.362 e. The lowest BCUT2D eigenvalue weighted by Gasteiger charge is -2.30. The van der Waals surface area contributed by atoms with Crippen molar-refractivity contribution >= 4 is 5.78 Å². The third kappa shape index (κ3) is 4.00. The molecule has 0 fully saturated rings. The largest absolute Gasteiger partial charge is 0.362 e. The molecule has 122 valence electrons. The summed E-state index contributed by atoms with van der Waals surface area (Å²) in [5, 5.41) is 0. The Hall–Kier alpha value is -2.65. The topological polar surface area (TPSA) is 46.3 Å². The fourth-order valence-corrected chi connectivity index (χ4v) is 2.96. The van der Waals surface area contributed by atoms with Crippen LogP contribution in [0.25, 0.3) is 0 Å². The van der Waals surface area contributed by atoms with Gasteiger partial charge in [-0.15, -0.1) is 0 Å². The fraction of sp³-hybridized carbons (Fsp3) is 0.190. The molecule has 1 aliphatic heterocycles. The Balaban J connectivity index is 1.88. The van der Waals surface area contributed by atoms with Crippen LogP contribution in [-0.4, -0.2) is 17.2 Å². The van der Waals surface area contributed by atoms with Gasteiger partial charge in [0.2, 0.25) is 0 Å². The molecule has 0 radical (unpaired) electrons. The molecule has 2 N–H and O–H groups in total. The quantitative estimate of drug-likeness (QED) is 0.919. The van der Waals surface area contributed by atoms with Crippen LogP contribution in [0.15, 0.2) is 79.0 Å². The first-order chi connectivity index (χ1) is 11.8. The highest BCUT2D eigenvalue weighted by molar-refractivity contribution is 5.92. The number of ketones is 1. The Morgan fingerprint density at radius 2 is 1.67 bits per heavy atom. The zero-order chi connectivity index (χ0) is 16.8. The van der Waals surface area contributed by atoms with Gasteiger partial charge in [-0.25, -0.2) is 0 Å². The average molecular weight is 318 g/mol. The number of nitrogens with two attached hydrogens (primary N) is 1. The molecule has 0 aliphatic carbocycles. The molecular weight excluding hydrogens is 296 g/mol. The van der Waals surface area contributed by atoms with Gasteiger partial charge in [-0.05, 0) is 35.3 Å². The molecule has 1 heterocycles. The maximum atomic E-state index is 12.0. The molecule has 3 nitrogen and oxygen atoms in total. The molecule has 0 spiro atoms. The van der Waals surface area contributed by atoms with Gasteiger partial charge in [-0.1, -0.05) is 60.7 Å². The number of carbonyl (C=O) groups is 1. The van der Waals surface area contributed by atoms with E-state index in [1.165, 1.54) is 11.1 Å². The Kier molecular flexibility index (Phi) is 5.24. The van der Waals surface area contributed by atoms with Crippen molar-refractivity contribution in [3.63, 3.8) is 0 Å². The van der Waals surface area contributed by atoms with Gasteiger partial charge in [-0.3, -0.25) is 4.79 Å². The summed E-state index contributed by atoms with van der Waals surface area (Å²) in [5.74, 6) is 0.124. The summed E-state index contributed by atoms with van der Waals surface area (Å²) in [6.07, 6.45) is 8.22. The molecule has 3 rings (SSSR count). The average Bonchev–Trinajstić information content (AvgIpc) is 2.85. The molecular formula is C21H22N2O. The minimum atomic E-state index is 0.120. The lowest BCUT2D eigenvalue weighted by atomic mass is 9.96. The van der Waals surface area contributed by atoms with Gasteiger partial charge in [0, 0.05) is 12.7 Å². The Morgan fingerprint density at radius 3 is 2.38 bits per heavy atom. The number of benzene rings is 2. The van der Waals surface area contributed by atoms with E-state index in [4.69, 9.17) is 5.73 Å². The van der Waals surface area contributed by atoms with Crippen LogP contribution in [0.5, 0.6) is 0 Å². The number of allylic oxidation sites excluding steroid dienone is 2. The summed E-state index contributed by atoms with van der Waals surface area (Å²) < 4.78 is 0. The highest BCUT2D eigenvalue weighted by Crippen LogP contribution is 2.26. The van der Waals surface area contributed by atoms with E-state index in [9.17, 15) is 4.79 Å². The summed E-state index contributed by atoms with van der Waals surface area (Å²) in [6, 6.07) is 18.9. The smallest absolute Gasteiger partial charge is 0.174 e. The van der Waals surface area contributed by atoms with Crippen LogP contribution in [0.3, 0.4) is 0 Å². The van der Waals surface area contributed by atoms with Gasteiger partial charge in [0.25, 0.3) is 0 Å². The van der Waals surface area contributed by atoms with Crippen LogP contribution < -0.4 is 5.73 Å². The molecule has 24 heavy (non-hydrogen) atoms. The lowest BCUT2D eigenvalue weighted by Crippen LogP contribution is -2.29. The van der Waals surface area contributed by atoms with Crippen LogP contribution >= 0.6 is 0 Å². The standard InChI is InChI=1S/C21H22N2O/c22-15-18-11-9-17(10-12-18)14-21(19-6-2-1-3-7-19)23-13-5-4-8-20(24)16-23/h1-13,21H,14-16,22H2/t21-/m0/s1. The second-order valence-electron chi connectivity index (χ2n) is 5.99. The van der Waals surface area contributed by atoms with E-state index < -0.39 is 0 Å². The van der Waals surface area contributed by atoms with E-state index in [-0.39, 0.29) is 11.8 Å². The maximum Gasteiger partial charge on any atom is 0.174 e. The van der Waals surface area contributed by atoms with Crippen molar-refractivity contribution in [1.82, 2.24) is 4.90 Å². The monoisotopic (exact) mass is 318 g/mol. The van der Waals surface area contributed by atoms with E-state index >= 15 is 0 Å². The number of nitrogens with zero attached hydrogens (tertiary/aromatic N) is 1. The van der Waals surface area contributed by atoms with Gasteiger partial charge >= 0.3 is 0 Å². The van der Waals surface area contributed by atoms with E-state index in [2.05, 4.69) is 41.3 Å². The van der Waals surface area contributed by atoms with Crippen LogP contribution in [0.2, 0.25) is 0 Å². The molecule has 1 aliphatic rings. The van der Waals surface area contributed by atoms with Crippen molar-refractivity contribution in [3.05, 3.63) is 95.7 Å². The molecule has 0 bridgehead atoms. The molecule has 0 saturated heterocycles. The van der Waals surface area contributed by atoms with Gasteiger partial charge < -0.3 is 10.6 Å². The molecule has 0 saturated carbocycles. The highest BCUT2D eigenvalue weighted by Gasteiger charge is 2.20. The number of hydrogen-bond acceptors (Lipinski definition) is 3. The molecule has 2 aromatic carbocycles. The molecule has 0 aromatic heterocycles. The lowest BCUT2D eigenvalue weighted by molar-refractivity contribution is -0.115. The molecule has 1 atom stereocenters. The number of carbonyl (C=O) groups excluding carboxylic acids is 1. The summed E-state index contributed by atoms with van der Waals surface area (Å²) in [5.41, 5.74) is 9.25. The third-order valence-corrected chi connectivity index (χ3v) is 4.28. The van der Waals surface area contributed by atoms with Gasteiger partial charge in [0.1, 0.15) is 0 Å². The third-order valence-electron chi connectivity index (χ3n) is 4.28. The minimum absolute atomic E-state index is 0.120. The summed E-state index contributed by atoms with van der Waals surface area (Å²) >= 11 is 0. The normalized spacial score (nSPS) is 15.4. The second kappa shape index (κ2) is 7.75. The van der Waals surface area contributed by atoms with E-state index in [1.807, 2.05) is 30.5 Å². The van der Waals surface area contributed by atoms with Crippen molar-refractivity contribution in [1.29, 1.82) is 0 Å². The van der Waals surface area contributed by atoms with E-state index in [0.717, 1.165) is 12.0 Å². The summed E-state index contributed by atoms with van der Waals surface area (Å²) in [7, 11) is 0. The zero-order valence-electron chi connectivity index (χ0n) is 13.6. The zero-order valence-corrected chi connectivity index (χ0v) is 13.6. The molecule has 0 unspecified atom stereocenters. The number of rotatable bonds is 5. The van der Waals surface area contributed by atoms with Crippen molar-refractivity contribution < 1.29 is 4.79 Å². The summed E-state index contributed by atoms with van der Waals surface area (Å²) in [4.78, 5) is 14.1. The first-order valence-electron chi connectivity index (χ1n) is 8.22. The second-order valence-corrected chi connectivity index (χ2v) is 5.99. The van der Waals surface area contributed by atoms with E-state index in [1.54, 1.807) is 12.2 Å². The van der Waals surface area contributed by atoms with Crippen LogP contribution in [-0.2, 0) is 17.8 Å². The van der Waals surface area contributed by atoms with Crippen LogP contribution in [0, 0.1) is 0 Å². The van der Waals surface area contributed by atoms with Crippen molar-refractivity contribution in [2.45, 2.75) is 19.0 Å².